The number of hydrogen-bond donors (Lipinski definition) is 1. The Morgan fingerprint density at radius 2 is 1.65 bits per heavy atom. The zero-order valence-electron chi connectivity index (χ0n) is 19.8. The molecule has 0 bridgehead atoms. The smallest absolute Gasteiger partial charge is 0.244 e. The van der Waals surface area contributed by atoms with E-state index in [9.17, 15) is 26.8 Å². The molecule has 2 rings (SSSR count). The van der Waals surface area contributed by atoms with Crippen molar-refractivity contribution in [1.29, 1.82) is 0 Å². The Morgan fingerprint density at radius 3 is 2.18 bits per heavy atom. The van der Waals surface area contributed by atoms with Gasteiger partial charge in [0, 0.05) is 12.6 Å². The number of amides is 2. The first-order valence-electron chi connectivity index (χ1n) is 11.0. The summed E-state index contributed by atoms with van der Waals surface area (Å²) >= 11 is 0. The standard InChI is InChI=1S/C24H31F2N3O4S/c1-5-17(3)27-24(31)22(6-2)28(15-18-10-12-19(25)13-11-18)23(30)16-29(34(4,32)33)21-9-7-8-20(26)14-21/h7-14,17,22H,5-6,15-16H2,1-4H3,(H,27,31)/t17-,22+/m1/s1. The maximum atomic E-state index is 13.8. The molecule has 2 atom stereocenters. The molecule has 0 saturated heterocycles. The molecule has 7 nitrogen and oxygen atoms in total. The Morgan fingerprint density at radius 1 is 1.00 bits per heavy atom. The minimum Gasteiger partial charge on any atom is -0.352 e. The third-order valence-electron chi connectivity index (χ3n) is 5.43. The predicted octanol–water partition coefficient (Wildman–Crippen LogP) is 3.45. The molecule has 0 unspecified atom stereocenters. The first-order valence-corrected chi connectivity index (χ1v) is 12.9. The van der Waals surface area contributed by atoms with E-state index in [1.807, 2.05) is 13.8 Å². The molecule has 10 heteroatoms. The van der Waals surface area contributed by atoms with Crippen LogP contribution in [0.1, 0.15) is 39.2 Å². The van der Waals surface area contributed by atoms with Crippen LogP contribution in [0.15, 0.2) is 48.5 Å². The van der Waals surface area contributed by atoms with Gasteiger partial charge in [-0.3, -0.25) is 13.9 Å². The molecule has 2 amide bonds. The highest BCUT2D eigenvalue weighted by Crippen LogP contribution is 2.20. The highest BCUT2D eigenvalue weighted by Gasteiger charge is 2.32. The summed E-state index contributed by atoms with van der Waals surface area (Å²) in [5.41, 5.74) is 0.566. The van der Waals surface area contributed by atoms with Gasteiger partial charge in [-0.25, -0.2) is 17.2 Å². The van der Waals surface area contributed by atoms with E-state index in [4.69, 9.17) is 0 Å². The minimum absolute atomic E-state index is 0.00492. The third kappa shape index (κ3) is 7.51. The van der Waals surface area contributed by atoms with Crippen LogP contribution >= 0.6 is 0 Å². The molecule has 0 heterocycles. The van der Waals surface area contributed by atoms with Crippen molar-refractivity contribution in [2.45, 2.75) is 52.2 Å². The van der Waals surface area contributed by atoms with Crippen LogP contribution in [0.3, 0.4) is 0 Å². The molecular weight excluding hydrogens is 464 g/mol. The van der Waals surface area contributed by atoms with Gasteiger partial charge in [-0.15, -0.1) is 0 Å². The molecule has 2 aromatic rings. The van der Waals surface area contributed by atoms with E-state index in [0.29, 0.717) is 12.0 Å². The minimum atomic E-state index is -3.95. The molecule has 0 aliphatic carbocycles. The molecule has 0 aromatic heterocycles. The zero-order chi connectivity index (χ0) is 25.5. The lowest BCUT2D eigenvalue weighted by Crippen LogP contribution is -2.53. The predicted molar refractivity (Wildman–Crippen MR) is 128 cm³/mol. The van der Waals surface area contributed by atoms with E-state index in [2.05, 4.69) is 5.32 Å². The highest BCUT2D eigenvalue weighted by atomic mass is 32.2. The average molecular weight is 496 g/mol. The van der Waals surface area contributed by atoms with E-state index in [1.165, 1.54) is 47.4 Å². The van der Waals surface area contributed by atoms with Crippen molar-refractivity contribution in [3.05, 3.63) is 65.7 Å². The Bertz CT molecular complexity index is 1090. The summed E-state index contributed by atoms with van der Waals surface area (Å²) in [6.07, 6.45) is 1.88. The third-order valence-corrected chi connectivity index (χ3v) is 6.57. The van der Waals surface area contributed by atoms with Gasteiger partial charge in [-0.2, -0.15) is 0 Å². The van der Waals surface area contributed by atoms with Gasteiger partial charge in [0.2, 0.25) is 21.8 Å². The summed E-state index contributed by atoms with van der Waals surface area (Å²) in [4.78, 5) is 27.7. The van der Waals surface area contributed by atoms with Gasteiger partial charge in [-0.1, -0.05) is 32.0 Å². The lowest BCUT2D eigenvalue weighted by Gasteiger charge is -2.33. The van der Waals surface area contributed by atoms with Gasteiger partial charge in [0.25, 0.3) is 0 Å². The first-order chi connectivity index (χ1) is 16.0. The van der Waals surface area contributed by atoms with Crippen molar-refractivity contribution in [3.8, 4) is 0 Å². The largest absolute Gasteiger partial charge is 0.352 e. The zero-order valence-corrected chi connectivity index (χ0v) is 20.6. The second-order valence-corrected chi connectivity index (χ2v) is 10.0. The van der Waals surface area contributed by atoms with Crippen molar-refractivity contribution in [1.82, 2.24) is 10.2 Å². The number of rotatable bonds is 11. The summed E-state index contributed by atoms with van der Waals surface area (Å²) < 4.78 is 52.9. The normalized spacial score (nSPS) is 13.1. The van der Waals surface area contributed by atoms with Gasteiger partial charge >= 0.3 is 0 Å². The fourth-order valence-electron chi connectivity index (χ4n) is 3.39. The molecule has 0 spiro atoms. The number of carbonyl (C=O) groups is 2. The van der Waals surface area contributed by atoms with Crippen LogP contribution in [0.2, 0.25) is 0 Å². The van der Waals surface area contributed by atoms with Crippen LogP contribution in [0.4, 0.5) is 14.5 Å². The first kappa shape index (κ1) is 27.2. The quantitative estimate of drug-likeness (QED) is 0.517. The Hall–Kier alpha value is -3.01. The lowest BCUT2D eigenvalue weighted by molar-refractivity contribution is -0.140. The second-order valence-electron chi connectivity index (χ2n) is 8.14. The molecule has 1 N–H and O–H groups in total. The van der Waals surface area contributed by atoms with Gasteiger partial charge in [0.05, 0.1) is 11.9 Å². The van der Waals surface area contributed by atoms with E-state index >= 15 is 0 Å². The maximum absolute atomic E-state index is 13.8. The Kier molecular flexibility index (Phi) is 9.55. The number of sulfonamides is 1. The molecule has 0 aliphatic rings. The van der Waals surface area contributed by atoms with Crippen molar-refractivity contribution in [2.75, 3.05) is 17.1 Å². The van der Waals surface area contributed by atoms with Crippen LogP contribution in [-0.2, 0) is 26.2 Å². The average Bonchev–Trinajstić information content (AvgIpc) is 2.77. The Balaban J connectivity index is 2.43. The number of hydrogen-bond acceptors (Lipinski definition) is 4. The van der Waals surface area contributed by atoms with Gasteiger partial charge in [0.1, 0.15) is 24.2 Å². The SMILES string of the molecule is CC[C@@H](C)NC(=O)[C@H](CC)N(Cc1ccc(F)cc1)C(=O)CN(c1cccc(F)c1)S(C)(=O)=O. The molecule has 0 radical (unpaired) electrons. The monoisotopic (exact) mass is 495 g/mol. The number of benzene rings is 2. The summed E-state index contributed by atoms with van der Waals surface area (Å²) in [5, 5.41) is 2.86. The summed E-state index contributed by atoms with van der Waals surface area (Å²) in [7, 11) is -3.95. The fourth-order valence-corrected chi connectivity index (χ4v) is 4.23. The molecular formula is C24H31F2N3O4S. The van der Waals surface area contributed by atoms with Crippen LogP contribution in [0.25, 0.3) is 0 Å². The number of carbonyl (C=O) groups excluding carboxylic acids is 2. The molecule has 0 fully saturated rings. The Labute approximate surface area is 199 Å². The maximum Gasteiger partial charge on any atom is 0.244 e. The number of anilines is 1. The molecule has 0 saturated carbocycles. The summed E-state index contributed by atoms with van der Waals surface area (Å²) in [5.74, 6) is -2.12. The van der Waals surface area contributed by atoms with E-state index < -0.39 is 40.2 Å². The number of nitrogens with one attached hydrogen (secondary N) is 1. The van der Waals surface area contributed by atoms with Crippen LogP contribution in [0.5, 0.6) is 0 Å². The van der Waals surface area contributed by atoms with Crippen LogP contribution in [-0.4, -0.2) is 50.0 Å². The van der Waals surface area contributed by atoms with Gasteiger partial charge in [-0.05, 0) is 55.7 Å². The van der Waals surface area contributed by atoms with Gasteiger partial charge in [0.15, 0.2) is 0 Å². The van der Waals surface area contributed by atoms with E-state index in [-0.39, 0.29) is 30.6 Å². The number of nitrogens with zero attached hydrogens (tertiary/aromatic N) is 2. The highest BCUT2D eigenvalue weighted by molar-refractivity contribution is 7.92. The topological polar surface area (TPSA) is 86.8 Å². The second kappa shape index (κ2) is 11.9. The molecule has 34 heavy (non-hydrogen) atoms. The van der Waals surface area contributed by atoms with Crippen molar-refractivity contribution in [2.24, 2.45) is 0 Å². The van der Waals surface area contributed by atoms with Crippen LogP contribution < -0.4 is 9.62 Å². The van der Waals surface area contributed by atoms with E-state index in [0.717, 1.165) is 16.6 Å². The van der Waals surface area contributed by atoms with Crippen molar-refractivity contribution >= 4 is 27.5 Å². The fraction of sp³-hybridized carbons (Fsp3) is 0.417. The molecule has 186 valence electrons. The van der Waals surface area contributed by atoms with E-state index in [1.54, 1.807) is 6.92 Å². The summed E-state index contributed by atoms with van der Waals surface area (Å²) in [6.45, 7) is 4.83. The van der Waals surface area contributed by atoms with Crippen molar-refractivity contribution < 1.29 is 26.8 Å². The van der Waals surface area contributed by atoms with Crippen LogP contribution in [0, 0.1) is 11.6 Å². The lowest BCUT2D eigenvalue weighted by atomic mass is 10.1. The van der Waals surface area contributed by atoms with Gasteiger partial charge < -0.3 is 10.2 Å². The van der Waals surface area contributed by atoms with Crippen molar-refractivity contribution in [3.63, 3.8) is 0 Å². The summed E-state index contributed by atoms with van der Waals surface area (Å²) in [6, 6.07) is 9.38. The molecule has 2 aromatic carbocycles. The molecule has 0 aliphatic heterocycles. The number of halogens is 2.